The van der Waals surface area contributed by atoms with E-state index in [0.717, 1.165) is 0 Å². The highest BCUT2D eigenvalue weighted by molar-refractivity contribution is 9.10. The summed E-state index contributed by atoms with van der Waals surface area (Å²) in [5.41, 5.74) is 5.83. The van der Waals surface area contributed by atoms with Crippen LogP contribution >= 0.6 is 28.3 Å². The number of methoxy groups -OCH3 is 1. The number of hydrogen-bond acceptors (Lipinski definition) is 3. The number of carbonyl (C=O) groups excluding carboxylic acids is 1. The van der Waals surface area contributed by atoms with E-state index >= 15 is 0 Å². The minimum absolute atomic E-state index is 0. The smallest absolute Gasteiger partial charge is 0.313 e. The van der Waals surface area contributed by atoms with Gasteiger partial charge < -0.3 is 10.5 Å². The lowest BCUT2D eigenvalue weighted by molar-refractivity contribution is -0.152. The van der Waals surface area contributed by atoms with E-state index in [2.05, 4.69) is 15.9 Å². The Balaban J connectivity index is 0.00000289. The highest BCUT2D eigenvalue weighted by Crippen LogP contribution is 2.33. The molecule has 0 aliphatic carbocycles. The van der Waals surface area contributed by atoms with E-state index in [1.807, 2.05) is 0 Å². The van der Waals surface area contributed by atoms with Gasteiger partial charge in [-0.25, -0.2) is 4.39 Å². The molecule has 1 aromatic carbocycles. The van der Waals surface area contributed by atoms with Crippen LogP contribution in [0.25, 0.3) is 0 Å². The second-order valence-electron chi connectivity index (χ2n) is 4.36. The van der Waals surface area contributed by atoms with Crippen LogP contribution in [0.2, 0.25) is 0 Å². The van der Waals surface area contributed by atoms with Gasteiger partial charge in [-0.2, -0.15) is 0 Å². The lowest BCUT2D eigenvalue weighted by Crippen LogP contribution is -2.37. The van der Waals surface area contributed by atoms with E-state index in [4.69, 9.17) is 10.5 Å². The summed E-state index contributed by atoms with van der Waals surface area (Å²) in [4.78, 5) is 11.6. The maximum atomic E-state index is 13.1. The number of carbonyl (C=O) groups is 1. The molecule has 0 spiro atoms. The average Bonchev–Trinajstić information content (AvgIpc) is 2.30. The molecular formula is C12H16BrClFNO2. The maximum Gasteiger partial charge on any atom is 0.313 e. The zero-order valence-electron chi connectivity index (χ0n) is 10.4. The molecule has 0 aromatic heterocycles. The first-order valence-electron chi connectivity index (χ1n) is 5.09. The van der Waals surface area contributed by atoms with Crippen LogP contribution in [0.3, 0.4) is 0 Å². The molecule has 1 atom stereocenters. The quantitative estimate of drug-likeness (QED) is 0.860. The molecule has 0 heterocycles. The monoisotopic (exact) mass is 339 g/mol. The lowest BCUT2D eigenvalue weighted by atomic mass is 9.81. The summed E-state index contributed by atoms with van der Waals surface area (Å²) in [6, 6.07) is 3.89. The van der Waals surface area contributed by atoms with E-state index in [0.29, 0.717) is 10.0 Å². The largest absolute Gasteiger partial charge is 0.469 e. The maximum absolute atomic E-state index is 13.1. The number of ether oxygens (including phenoxy) is 1. The zero-order chi connectivity index (χ0) is 13.2. The van der Waals surface area contributed by atoms with Gasteiger partial charge in [-0.1, -0.05) is 6.07 Å². The summed E-state index contributed by atoms with van der Waals surface area (Å²) in [6.07, 6.45) is 0. The number of nitrogens with two attached hydrogens (primary N) is 1. The van der Waals surface area contributed by atoms with Gasteiger partial charge in [0.25, 0.3) is 0 Å². The number of benzene rings is 1. The number of halogens is 3. The van der Waals surface area contributed by atoms with Crippen molar-refractivity contribution in [3.63, 3.8) is 0 Å². The summed E-state index contributed by atoms with van der Waals surface area (Å²) < 4.78 is 18.1. The third kappa shape index (κ3) is 3.43. The van der Waals surface area contributed by atoms with Crippen LogP contribution in [0.4, 0.5) is 4.39 Å². The Morgan fingerprint density at radius 2 is 2.06 bits per heavy atom. The van der Waals surface area contributed by atoms with E-state index < -0.39 is 17.4 Å². The predicted molar refractivity (Wildman–Crippen MR) is 74.1 cm³/mol. The normalized spacial score (nSPS) is 12.6. The van der Waals surface area contributed by atoms with Crippen LogP contribution in [0, 0.1) is 11.2 Å². The summed E-state index contributed by atoms with van der Waals surface area (Å²) in [7, 11) is 1.32. The van der Waals surface area contributed by atoms with Crippen molar-refractivity contribution in [2.75, 3.05) is 7.11 Å². The van der Waals surface area contributed by atoms with Gasteiger partial charge in [0.1, 0.15) is 5.82 Å². The van der Waals surface area contributed by atoms with Crippen LogP contribution in [-0.2, 0) is 9.53 Å². The van der Waals surface area contributed by atoms with Crippen molar-refractivity contribution in [2.24, 2.45) is 11.1 Å². The number of hydrogen-bond donors (Lipinski definition) is 1. The standard InChI is InChI=1S/C12H15BrFNO2.ClH/c1-12(2,11(16)17-3)10(15)7-4-5-9(14)8(13)6-7;/h4-6,10H,15H2,1-3H3;1H/t10-;/m0./s1. The van der Waals surface area contributed by atoms with Crippen molar-refractivity contribution in [3.05, 3.63) is 34.1 Å². The summed E-state index contributed by atoms with van der Waals surface area (Å²) in [5.74, 6) is -0.762. The molecule has 1 aromatic rings. The molecule has 0 saturated heterocycles. The highest BCUT2D eigenvalue weighted by Gasteiger charge is 2.36. The van der Waals surface area contributed by atoms with Gasteiger partial charge >= 0.3 is 5.97 Å². The number of esters is 1. The number of rotatable bonds is 3. The average molecular weight is 341 g/mol. The third-order valence-electron chi connectivity index (χ3n) is 2.79. The van der Waals surface area contributed by atoms with Crippen LogP contribution in [0.15, 0.2) is 22.7 Å². The minimum Gasteiger partial charge on any atom is -0.469 e. The highest BCUT2D eigenvalue weighted by atomic mass is 79.9. The molecule has 0 saturated carbocycles. The fraction of sp³-hybridized carbons (Fsp3) is 0.417. The second kappa shape index (κ2) is 6.50. The molecule has 0 fully saturated rings. The third-order valence-corrected chi connectivity index (χ3v) is 3.40. The van der Waals surface area contributed by atoms with Gasteiger partial charge in [-0.15, -0.1) is 12.4 Å². The van der Waals surface area contributed by atoms with Crippen molar-refractivity contribution in [2.45, 2.75) is 19.9 Å². The van der Waals surface area contributed by atoms with Gasteiger partial charge in [0.05, 0.1) is 17.0 Å². The van der Waals surface area contributed by atoms with Crippen molar-refractivity contribution >= 4 is 34.3 Å². The minimum atomic E-state index is -0.869. The molecule has 6 heteroatoms. The van der Waals surface area contributed by atoms with Gasteiger partial charge in [0.2, 0.25) is 0 Å². The second-order valence-corrected chi connectivity index (χ2v) is 5.22. The van der Waals surface area contributed by atoms with Gasteiger partial charge in [0, 0.05) is 6.04 Å². The Bertz CT molecular complexity index is 440. The first kappa shape index (κ1) is 17.4. The van der Waals surface area contributed by atoms with E-state index in [-0.39, 0.29) is 18.2 Å². The van der Waals surface area contributed by atoms with Crippen molar-refractivity contribution in [3.8, 4) is 0 Å². The summed E-state index contributed by atoms with van der Waals surface area (Å²) in [5, 5.41) is 0. The van der Waals surface area contributed by atoms with Crippen LogP contribution in [0.1, 0.15) is 25.5 Å². The van der Waals surface area contributed by atoms with Crippen LogP contribution in [0.5, 0.6) is 0 Å². The molecular weight excluding hydrogens is 324 g/mol. The summed E-state index contributed by atoms with van der Waals surface area (Å²) >= 11 is 3.09. The molecule has 0 amide bonds. The van der Waals surface area contributed by atoms with Gasteiger partial charge in [-0.05, 0) is 47.5 Å². The molecule has 102 valence electrons. The van der Waals surface area contributed by atoms with Gasteiger partial charge in [-0.3, -0.25) is 4.79 Å². The van der Waals surface area contributed by atoms with Crippen molar-refractivity contribution in [1.29, 1.82) is 0 Å². The first-order valence-corrected chi connectivity index (χ1v) is 5.89. The van der Waals surface area contributed by atoms with E-state index in [9.17, 15) is 9.18 Å². The van der Waals surface area contributed by atoms with Crippen LogP contribution < -0.4 is 5.73 Å². The molecule has 1 rings (SSSR count). The molecule has 18 heavy (non-hydrogen) atoms. The Morgan fingerprint density at radius 1 is 1.50 bits per heavy atom. The molecule has 0 aliphatic rings. The topological polar surface area (TPSA) is 52.3 Å². The van der Waals surface area contributed by atoms with Crippen molar-refractivity contribution in [1.82, 2.24) is 0 Å². The Hall–Kier alpha value is -0.650. The predicted octanol–water partition coefficient (Wildman–Crippen LogP) is 3.21. The van der Waals surface area contributed by atoms with Crippen LogP contribution in [-0.4, -0.2) is 13.1 Å². The zero-order valence-corrected chi connectivity index (χ0v) is 12.8. The molecule has 0 aliphatic heterocycles. The molecule has 0 radical (unpaired) electrons. The summed E-state index contributed by atoms with van der Waals surface area (Å²) in [6.45, 7) is 3.39. The van der Waals surface area contributed by atoms with E-state index in [1.54, 1.807) is 26.0 Å². The first-order chi connectivity index (χ1) is 7.80. The SMILES string of the molecule is COC(=O)C(C)(C)[C@@H](N)c1ccc(F)c(Br)c1.Cl. The molecule has 2 N–H and O–H groups in total. The molecule has 0 bridgehead atoms. The Labute approximate surface area is 120 Å². The fourth-order valence-corrected chi connectivity index (χ4v) is 1.91. The van der Waals surface area contributed by atoms with Gasteiger partial charge in [0.15, 0.2) is 0 Å². The molecule has 3 nitrogen and oxygen atoms in total. The van der Waals surface area contributed by atoms with E-state index in [1.165, 1.54) is 13.2 Å². The van der Waals surface area contributed by atoms with Crippen molar-refractivity contribution < 1.29 is 13.9 Å². The Kier molecular flexibility index (Phi) is 6.26. The Morgan fingerprint density at radius 3 is 2.50 bits per heavy atom. The fourth-order valence-electron chi connectivity index (χ4n) is 1.51. The lowest BCUT2D eigenvalue weighted by Gasteiger charge is -2.29. The molecule has 0 unspecified atom stereocenters.